The Morgan fingerprint density at radius 1 is 1.22 bits per heavy atom. The minimum Gasteiger partial charge on any atom is -0.379 e. The predicted molar refractivity (Wildman–Crippen MR) is 74.0 cm³/mol. The Bertz CT molecular complexity index is 421. The van der Waals surface area contributed by atoms with Crippen molar-refractivity contribution in [3.05, 3.63) is 29.9 Å². The minimum absolute atomic E-state index is 0.780. The van der Waals surface area contributed by atoms with Crippen molar-refractivity contribution in [1.82, 2.24) is 4.90 Å². The number of anilines is 2. The number of hydrogen-bond acceptors (Lipinski definition) is 4. The number of benzene rings is 1. The van der Waals surface area contributed by atoms with E-state index < -0.39 is 0 Å². The van der Waals surface area contributed by atoms with Crippen LogP contribution in [0, 0.1) is 6.67 Å². The first kappa shape index (κ1) is 12.1. The van der Waals surface area contributed by atoms with Crippen LogP contribution >= 0.6 is 11.6 Å². The molecule has 4 nitrogen and oxygen atoms in total. The third kappa shape index (κ3) is 2.55. The maximum Gasteiger partial charge on any atom is 0.139 e. The number of nitrogens with one attached hydrogen (secondary N) is 1. The predicted octanol–water partition coefficient (Wildman–Crippen LogP) is 2.02. The number of fused-ring (bicyclic) bond motifs is 1. The minimum atomic E-state index is 0.780. The quantitative estimate of drug-likeness (QED) is 0.906. The molecule has 0 atom stereocenters. The molecule has 0 saturated carbocycles. The van der Waals surface area contributed by atoms with Crippen LogP contribution in [0.3, 0.4) is 0 Å². The first-order chi connectivity index (χ1) is 8.83. The number of rotatable bonds is 3. The molecule has 0 aliphatic carbocycles. The summed E-state index contributed by atoms with van der Waals surface area (Å²) in [4.78, 5) is 4.65. The standard InChI is InChI=1S/C13H17ClN3O/c14-11-1-2-12-13(9-11)17(10-15-12)4-3-16-5-7-18-8-6-16/h1-2,9-10,15H,3-8H2. The van der Waals surface area contributed by atoms with Crippen LogP contribution in [0.5, 0.6) is 0 Å². The maximum atomic E-state index is 6.04. The molecule has 1 aromatic carbocycles. The second kappa shape index (κ2) is 5.34. The van der Waals surface area contributed by atoms with Gasteiger partial charge in [-0.3, -0.25) is 4.90 Å². The Hall–Kier alpha value is -0.970. The van der Waals surface area contributed by atoms with Crippen molar-refractivity contribution in [2.45, 2.75) is 0 Å². The Balaban J connectivity index is 1.60. The molecule has 2 heterocycles. The zero-order valence-electron chi connectivity index (χ0n) is 10.2. The van der Waals surface area contributed by atoms with E-state index in [1.807, 2.05) is 24.9 Å². The van der Waals surface area contributed by atoms with Crippen LogP contribution in [0.25, 0.3) is 0 Å². The summed E-state index contributed by atoms with van der Waals surface area (Å²) in [5.41, 5.74) is 2.29. The third-order valence-corrected chi connectivity index (χ3v) is 3.64. The zero-order chi connectivity index (χ0) is 12.4. The van der Waals surface area contributed by atoms with Crippen LogP contribution in [-0.2, 0) is 4.74 Å². The fourth-order valence-electron chi connectivity index (χ4n) is 2.34. The monoisotopic (exact) mass is 266 g/mol. The average molecular weight is 267 g/mol. The van der Waals surface area contributed by atoms with Crippen molar-refractivity contribution in [1.29, 1.82) is 0 Å². The van der Waals surface area contributed by atoms with Crippen LogP contribution in [0.2, 0.25) is 5.02 Å². The number of hydrogen-bond donors (Lipinski definition) is 1. The van der Waals surface area contributed by atoms with Gasteiger partial charge in [0.2, 0.25) is 0 Å². The van der Waals surface area contributed by atoms with E-state index in [1.54, 1.807) is 0 Å². The molecule has 0 amide bonds. The summed E-state index contributed by atoms with van der Waals surface area (Å²) >= 11 is 6.04. The van der Waals surface area contributed by atoms with Crippen LogP contribution in [-0.4, -0.2) is 44.3 Å². The second-order valence-electron chi connectivity index (χ2n) is 4.58. The summed E-state index contributed by atoms with van der Waals surface area (Å²) in [5, 5.41) is 4.04. The van der Waals surface area contributed by atoms with E-state index in [4.69, 9.17) is 16.3 Å². The van der Waals surface area contributed by atoms with E-state index in [9.17, 15) is 0 Å². The van der Waals surface area contributed by atoms with Gasteiger partial charge in [0.1, 0.15) is 6.67 Å². The van der Waals surface area contributed by atoms with Gasteiger partial charge < -0.3 is 15.0 Å². The average Bonchev–Trinajstić information content (AvgIpc) is 2.80. The molecular weight excluding hydrogens is 250 g/mol. The van der Waals surface area contributed by atoms with Crippen molar-refractivity contribution >= 4 is 23.0 Å². The Labute approximate surface area is 112 Å². The van der Waals surface area contributed by atoms with Crippen LogP contribution in [0.1, 0.15) is 0 Å². The summed E-state index contributed by atoms with van der Waals surface area (Å²) in [5.74, 6) is 0. The first-order valence-electron chi connectivity index (χ1n) is 6.29. The van der Waals surface area contributed by atoms with E-state index >= 15 is 0 Å². The lowest BCUT2D eigenvalue weighted by atomic mass is 10.2. The summed E-state index contributed by atoms with van der Waals surface area (Å²) < 4.78 is 5.35. The fourth-order valence-corrected chi connectivity index (χ4v) is 2.51. The van der Waals surface area contributed by atoms with Crippen molar-refractivity contribution in [2.75, 3.05) is 49.6 Å². The molecule has 3 rings (SSSR count). The Morgan fingerprint density at radius 3 is 2.89 bits per heavy atom. The SMILES string of the molecule is Clc1ccc2c(c1)N(CCN1CCOCC1)[CH]N2. The van der Waals surface area contributed by atoms with Gasteiger partial charge in [-0.15, -0.1) is 0 Å². The van der Waals surface area contributed by atoms with E-state index in [2.05, 4.69) is 15.1 Å². The summed E-state index contributed by atoms with van der Waals surface area (Å²) in [6.45, 7) is 7.80. The van der Waals surface area contributed by atoms with Crippen LogP contribution < -0.4 is 10.2 Å². The van der Waals surface area contributed by atoms with Crippen LogP contribution in [0.15, 0.2) is 18.2 Å². The van der Waals surface area contributed by atoms with Gasteiger partial charge in [0.15, 0.2) is 0 Å². The Kier molecular flexibility index (Phi) is 3.59. The smallest absolute Gasteiger partial charge is 0.139 e. The third-order valence-electron chi connectivity index (χ3n) is 3.41. The molecular formula is C13H17ClN3O. The van der Waals surface area contributed by atoms with Gasteiger partial charge >= 0.3 is 0 Å². The van der Waals surface area contributed by atoms with Gasteiger partial charge in [-0.25, -0.2) is 0 Å². The van der Waals surface area contributed by atoms with Crippen LogP contribution in [0.4, 0.5) is 11.4 Å². The number of nitrogens with zero attached hydrogens (tertiary/aromatic N) is 2. The van der Waals surface area contributed by atoms with E-state index in [-0.39, 0.29) is 0 Å². The molecule has 2 aliphatic heterocycles. The molecule has 5 heteroatoms. The molecule has 18 heavy (non-hydrogen) atoms. The van der Waals surface area contributed by atoms with Gasteiger partial charge in [0, 0.05) is 31.2 Å². The van der Waals surface area contributed by atoms with Gasteiger partial charge in [-0.05, 0) is 18.2 Å². The van der Waals surface area contributed by atoms with Crippen molar-refractivity contribution in [2.24, 2.45) is 0 Å². The largest absolute Gasteiger partial charge is 0.379 e. The molecule has 0 unspecified atom stereocenters. The second-order valence-corrected chi connectivity index (χ2v) is 5.02. The van der Waals surface area contributed by atoms with Crippen molar-refractivity contribution in [3.63, 3.8) is 0 Å². The maximum absolute atomic E-state index is 6.04. The molecule has 1 aromatic rings. The normalized spacial score (nSPS) is 19.7. The molecule has 2 aliphatic rings. The molecule has 0 aromatic heterocycles. The van der Waals surface area contributed by atoms with E-state index in [0.717, 1.165) is 55.8 Å². The van der Waals surface area contributed by atoms with Gasteiger partial charge in [0.25, 0.3) is 0 Å². The van der Waals surface area contributed by atoms with Gasteiger partial charge in [-0.1, -0.05) is 11.6 Å². The summed E-state index contributed by atoms with van der Waals surface area (Å²) in [7, 11) is 0. The molecule has 1 fully saturated rings. The van der Waals surface area contributed by atoms with E-state index in [1.165, 1.54) is 0 Å². The lowest BCUT2D eigenvalue weighted by molar-refractivity contribution is 0.0393. The topological polar surface area (TPSA) is 27.7 Å². The lowest BCUT2D eigenvalue weighted by Gasteiger charge is -2.28. The fraction of sp³-hybridized carbons (Fsp3) is 0.462. The Morgan fingerprint density at radius 2 is 2.06 bits per heavy atom. The molecule has 0 spiro atoms. The number of halogens is 1. The zero-order valence-corrected chi connectivity index (χ0v) is 11.0. The highest BCUT2D eigenvalue weighted by atomic mass is 35.5. The number of ether oxygens (including phenoxy) is 1. The lowest BCUT2D eigenvalue weighted by Crippen LogP contribution is -2.40. The van der Waals surface area contributed by atoms with E-state index in [0.29, 0.717) is 0 Å². The first-order valence-corrected chi connectivity index (χ1v) is 6.67. The van der Waals surface area contributed by atoms with Gasteiger partial charge in [0.05, 0.1) is 24.6 Å². The highest BCUT2D eigenvalue weighted by molar-refractivity contribution is 6.31. The molecule has 1 radical (unpaired) electrons. The summed E-state index contributed by atoms with van der Waals surface area (Å²) in [6.07, 6.45) is 0. The molecule has 97 valence electrons. The molecule has 1 N–H and O–H groups in total. The van der Waals surface area contributed by atoms with Crippen molar-refractivity contribution < 1.29 is 4.74 Å². The molecule has 0 bridgehead atoms. The number of morpholine rings is 1. The molecule has 1 saturated heterocycles. The summed E-state index contributed by atoms with van der Waals surface area (Å²) in [6, 6.07) is 5.93. The highest BCUT2D eigenvalue weighted by Crippen LogP contribution is 2.34. The van der Waals surface area contributed by atoms with Crippen molar-refractivity contribution in [3.8, 4) is 0 Å². The highest BCUT2D eigenvalue weighted by Gasteiger charge is 2.20. The van der Waals surface area contributed by atoms with Gasteiger partial charge in [-0.2, -0.15) is 0 Å².